The van der Waals surface area contributed by atoms with E-state index in [1.165, 1.54) is 5.56 Å². The Hall–Kier alpha value is -3.28. The Morgan fingerprint density at radius 1 is 0.852 bits per heavy atom. The average Bonchev–Trinajstić information content (AvgIpc) is 2.67. The van der Waals surface area contributed by atoms with Crippen molar-refractivity contribution < 1.29 is 9.47 Å². The molecule has 3 aromatic rings. The second-order valence-corrected chi connectivity index (χ2v) is 6.25. The average molecular weight is 364 g/mol. The van der Waals surface area contributed by atoms with Gasteiger partial charge in [-0.1, -0.05) is 23.8 Å². The van der Waals surface area contributed by atoms with Crippen LogP contribution in [-0.2, 0) is 6.54 Å². The maximum atomic E-state index is 5.35. The van der Waals surface area contributed by atoms with Gasteiger partial charge in [0.25, 0.3) is 0 Å². The van der Waals surface area contributed by atoms with Crippen molar-refractivity contribution in [2.45, 2.75) is 20.4 Å². The molecule has 6 nitrogen and oxygen atoms in total. The number of anilines is 3. The summed E-state index contributed by atoms with van der Waals surface area (Å²) in [5.74, 6) is 2.72. The summed E-state index contributed by atoms with van der Waals surface area (Å²) in [4.78, 5) is 9.02. The lowest BCUT2D eigenvalue weighted by Gasteiger charge is -2.12. The normalized spacial score (nSPS) is 10.4. The van der Waals surface area contributed by atoms with E-state index in [4.69, 9.17) is 9.47 Å². The van der Waals surface area contributed by atoms with E-state index >= 15 is 0 Å². The van der Waals surface area contributed by atoms with Crippen LogP contribution in [0.5, 0.6) is 11.5 Å². The summed E-state index contributed by atoms with van der Waals surface area (Å²) in [5, 5.41) is 6.58. The number of ether oxygens (including phenoxy) is 2. The summed E-state index contributed by atoms with van der Waals surface area (Å²) < 4.78 is 10.6. The van der Waals surface area contributed by atoms with E-state index in [0.717, 1.165) is 22.8 Å². The highest BCUT2D eigenvalue weighted by atomic mass is 16.5. The van der Waals surface area contributed by atoms with Gasteiger partial charge in [0.05, 0.1) is 14.2 Å². The Morgan fingerprint density at radius 2 is 1.59 bits per heavy atom. The minimum atomic E-state index is 0.569. The maximum absolute atomic E-state index is 5.35. The van der Waals surface area contributed by atoms with E-state index in [9.17, 15) is 0 Å². The molecule has 0 saturated heterocycles. The van der Waals surface area contributed by atoms with Gasteiger partial charge in [0.2, 0.25) is 5.95 Å². The van der Waals surface area contributed by atoms with Crippen molar-refractivity contribution in [2.75, 3.05) is 24.9 Å². The molecular weight excluding hydrogens is 340 g/mol. The van der Waals surface area contributed by atoms with Crippen molar-refractivity contribution in [1.82, 2.24) is 9.97 Å². The van der Waals surface area contributed by atoms with Crippen LogP contribution in [0.1, 0.15) is 16.8 Å². The third kappa shape index (κ3) is 4.88. The molecule has 0 amide bonds. The van der Waals surface area contributed by atoms with Crippen molar-refractivity contribution in [3.05, 3.63) is 65.4 Å². The van der Waals surface area contributed by atoms with Crippen molar-refractivity contribution >= 4 is 17.5 Å². The first-order valence-electron chi connectivity index (χ1n) is 8.71. The zero-order chi connectivity index (χ0) is 19.2. The van der Waals surface area contributed by atoms with Gasteiger partial charge in [-0.25, -0.2) is 4.98 Å². The molecule has 1 aromatic heterocycles. The molecule has 0 aliphatic rings. The summed E-state index contributed by atoms with van der Waals surface area (Å²) in [6, 6.07) is 15.9. The Balaban J connectivity index is 1.72. The molecule has 0 unspecified atom stereocenters. The number of nitrogens with zero attached hydrogens (tertiary/aromatic N) is 2. The van der Waals surface area contributed by atoms with Crippen molar-refractivity contribution in [2.24, 2.45) is 0 Å². The molecule has 0 fully saturated rings. The third-order valence-corrected chi connectivity index (χ3v) is 4.08. The summed E-state index contributed by atoms with van der Waals surface area (Å²) in [7, 11) is 3.25. The molecule has 2 aromatic carbocycles. The topological polar surface area (TPSA) is 68.3 Å². The van der Waals surface area contributed by atoms with Crippen LogP contribution < -0.4 is 20.1 Å². The molecule has 1 heterocycles. The van der Waals surface area contributed by atoms with Crippen molar-refractivity contribution in [3.63, 3.8) is 0 Å². The van der Waals surface area contributed by atoms with Crippen molar-refractivity contribution in [1.29, 1.82) is 0 Å². The lowest BCUT2D eigenvalue weighted by Crippen LogP contribution is -2.06. The summed E-state index contributed by atoms with van der Waals surface area (Å²) in [6.07, 6.45) is 0. The first-order valence-corrected chi connectivity index (χ1v) is 8.71. The number of rotatable bonds is 7. The minimum Gasteiger partial charge on any atom is -0.493 e. The summed E-state index contributed by atoms with van der Waals surface area (Å²) >= 11 is 0. The quantitative estimate of drug-likeness (QED) is 0.645. The number of benzene rings is 2. The number of hydrogen-bond acceptors (Lipinski definition) is 6. The van der Waals surface area contributed by atoms with Gasteiger partial charge in [0.15, 0.2) is 11.5 Å². The second kappa shape index (κ2) is 8.40. The highest BCUT2D eigenvalue weighted by Gasteiger charge is 2.06. The van der Waals surface area contributed by atoms with Crippen LogP contribution in [0.25, 0.3) is 0 Å². The number of hydrogen-bond donors (Lipinski definition) is 2. The van der Waals surface area contributed by atoms with Crippen LogP contribution in [0.15, 0.2) is 48.5 Å². The predicted molar refractivity (Wildman–Crippen MR) is 108 cm³/mol. The Morgan fingerprint density at radius 3 is 2.30 bits per heavy atom. The Bertz CT molecular complexity index is 911. The molecule has 27 heavy (non-hydrogen) atoms. The lowest BCUT2D eigenvalue weighted by molar-refractivity contribution is 0.354. The largest absolute Gasteiger partial charge is 0.493 e. The molecule has 3 rings (SSSR count). The van der Waals surface area contributed by atoms with E-state index in [1.54, 1.807) is 14.2 Å². The van der Waals surface area contributed by atoms with Gasteiger partial charge in [0, 0.05) is 24.0 Å². The zero-order valence-corrected chi connectivity index (χ0v) is 16.0. The second-order valence-electron chi connectivity index (χ2n) is 6.25. The molecule has 0 saturated carbocycles. The van der Waals surface area contributed by atoms with Gasteiger partial charge in [0.1, 0.15) is 5.82 Å². The minimum absolute atomic E-state index is 0.569. The molecule has 0 atom stereocenters. The standard InChI is InChI=1S/C21H24N4O2/c1-14-5-8-17(9-6-14)24-20-11-15(2)23-21(25-20)22-13-16-7-10-18(26-3)19(12-16)27-4/h5-12H,13H2,1-4H3,(H2,22,23,24,25). The predicted octanol–water partition coefficient (Wildman–Crippen LogP) is 4.47. The van der Waals surface area contributed by atoms with Crippen molar-refractivity contribution in [3.8, 4) is 11.5 Å². The van der Waals surface area contributed by atoms with Crippen LogP contribution in [0.3, 0.4) is 0 Å². The summed E-state index contributed by atoms with van der Waals surface area (Å²) in [6.45, 7) is 4.59. The van der Waals surface area contributed by atoms with E-state index in [-0.39, 0.29) is 0 Å². The van der Waals surface area contributed by atoms with E-state index in [0.29, 0.717) is 24.0 Å². The van der Waals surface area contributed by atoms with Gasteiger partial charge in [-0.3, -0.25) is 0 Å². The van der Waals surface area contributed by atoms with Gasteiger partial charge in [-0.2, -0.15) is 4.98 Å². The number of aryl methyl sites for hydroxylation is 2. The monoisotopic (exact) mass is 364 g/mol. The lowest BCUT2D eigenvalue weighted by atomic mass is 10.2. The van der Waals surface area contributed by atoms with Crippen LogP contribution in [-0.4, -0.2) is 24.2 Å². The third-order valence-electron chi connectivity index (χ3n) is 4.08. The van der Waals surface area contributed by atoms with Crippen LogP contribution in [0, 0.1) is 13.8 Å². The van der Waals surface area contributed by atoms with E-state index < -0.39 is 0 Å². The molecule has 0 bridgehead atoms. The highest BCUT2D eigenvalue weighted by Crippen LogP contribution is 2.27. The number of methoxy groups -OCH3 is 2. The molecule has 0 aliphatic carbocycles. The summed E-state index contributed by atoms with van der Waals surface area (Å²) in [5.41, 5.74) is 4.14. The fourth-order valence-electron chi connectivity index (χ4n) is 2.67. The van der Waals surface area contributed by atoms with Gasteiger partial charge in [-0.15, -0.1) is 0 Å². The number of aromatic nitrogens is 2. The molecule has 140 valence electrons. The fourth-order valence-corrected chi connectivity index (χ4v) is 2.67. The Labute approximate surface area is 159 Å². The van der Waals surface area contributed by atoms with Crippen LogP contribution in [0.4, 0.5) is 17.5 Å². The van der Waals surface area contributed by atoms with E-state index in [2.05, 4.69) is 39.7 Å². The Kier molecular flexibility index (Phi) is 5.76. The van der Waals surface area contributed by atoms with Gasteiger partial charge < -0.3 is 20.1 Å². The maximum Gasteiger partial charge on any atom is 0.225 e. The van der Waals surface area contributed by atoms with E-state index in [1.807, 2.05) is 43.3 Å². The smallest absolute Gasteiger partial charge is 0.225 e. The SMILES string of the molecule is COc1ccc(CNc2nc(C)cc(Nc3ccc(C)cc3)n2)cc1OC. The molecule has 0 radical (unpaired) electrons. The molecule has 2 N–H and O–H groups in total. The molecule has 0 aliphatic heterocycles. The van der Waals surface area contributed by atoms with Gasteiger partial charge >= 0.3 is 0 Å². The van der Waals surface area contributed by atoms with Crippen LogP contribution in [0.2, 0.25) is 0 Å². The highest BCUT2D eigenvalue weighted by molar-refractivity contribution is 5.58. The zero-order valence-electron chi connectivity index (χ0n) is 16.0. The molecule has 6 heteroatoms. The van der Waals surface area contributed by atoms with Crippen LogP contribution >= 0.6 is 0 Å². The van der Waals surface area contributed by atoms with Gasteiger partial charge in [-0.05, 0) is 43.7 Å². The first-order chi connectivity index (χ1) is 13.1. The first kappa shape index (κ1) is 18.5. The fraction of sp³-hybridized carbons (Fsp3) is 0.238. The molecule has 0 spiro atoms. The molecular formula is C21H24N4O2. The number of nitrogens with one attached hydrogen (secondary N) is 2.